The molecule has 1 aliphatic carbocycles. The number of halogens is 1. The molecule has 3 N–H and O–H groups in total. The average molecular weight is 486 g/mol. The number of carbonyl (C=O) groups is 2. The van der Waals surface area contributed by atoms with Gasteiger partial charge in [-0.1, -0.05) is 6.07 Å². The fourth-order valence-corrected chi connectivity index (χ4v) is 4.43. The Hall–Kier alpha value is -2.54. The minimum absolute atomic E-state index is 0.0584. The molecule has 10 nitrogen and oxygen atoms in total. The van der Waals surface area contributed by atoms with Gasteiger partial charge in [-0.15, -0.1) is 0 Å². The van der Waals surface area contributed by atoms with Gasteiger partial charge >= 0.3 is 6.03 Å². The summed E-state index contributed by atoms with van der Waals surface area (Å²) in [5, 5.41) is 12.9. The van der Waals surface area contributed by atoms with Crippen molar-refractivity contribution in [2.45, 2.75) is 44.2 Å². The van der Waals surface area contributed by atoms with Gasteiger partial charge in [0.05, 0.1) is 17.7 Å². The molecule has 1 aromatic rings. The van der Waals surface area contributed by atoms with E-state index in [2.05, 4.69) is 10.0 Å². The Morgan fingerprint density at radius 1 is 1.33 bits per heavy atom. The largest absolute Gasteiger partial charge is 0.488 e. The van der Waals surface area contributed by atoms with Crippen LogP contribution in [-0.2, 0) is 25.1 Å². The molecule has 1 aliphatic heterocycles. The van der Waals surface area contributed by atoms with Crippen LogP contribution in [0, 0.1) is 5.82 Å². The van der Waals surface area contributed by atoms with Crippen molar-refractivity contribution in [3.63, 3.8) is 0 Å². The molecule has 2 aliphatic rings. The lowest BCUT2D eigenvalue weighted by Gasteiger charge is -2.25. The van der Waals surface area contributed by atoms with Crippen LogP contribution in [0.15, 0.2) is 29.7 Å². The smallest absolute Gasteiger partial charge is 0.325 e. The number of imide groups is 1. The number of aliphatic hydroxyl groups is 1. The SMILES string of the molecule is CC(C)(O)COc1cc(C2(NS(=O)(=O)/C=C/COCN3CCC(=O)NC3=O)CC2)ccc1F. The van der Waals surface area contributed by atoms with Gasteiger partial charge in [0.15, 0.2) is 11.6 Å². The third kappa shape index (κ3) is 7.22. The maximum atomic E-state index is 14.1. The Morgan fingerprint density at radius 2 is 2.06 bits per heavy atom. The van der Waals surface area contributed by atoms with Gasteiger partial charge in [-0.3, -0.25) is 10.1 Å². The summed E-state index contributed by atoms with van der Waals surface area (Å²) < 4.78 is 52.4. The number of hydrogen-bond donors (Lipinski definition) is 3. The van der Waals surface area contributed by atoms with Crippen LogP contribution < -0.4 is 14.8 Å². The van der Waals surface area contributed by atoms with E-state index in [1.54, 1.807) is 0 Å². The lowest BCUT2D eigenvalue weighted by atomic mass is 10.1. The van der Waals surface area contributed by atoms with Crippen LogP contribution in [0.3, 0.4) is 0 Å². The second kappa shape index (κ2) is 9.75. The van der Waals surface area contributed by atoms with Crippen LogP contribution in [-0.4, -0.2) is 62.5 Å². The first-order chi connectivity index (χ1) is 15.4. The summed E-state index contributed by atoms with van der Waals surface area (Å²) in [6.45, 7) is 3.04. The molecule has 1 saturated heterocycles. The van der Waals surface area contributed by atoms with E-state index >= 15 is 0 Å². The van der Waals surface area contributed by atoms with Crippen LogP contribution in [0.5, 0.6) is 5.75 Å². The number of nitrogens with zero attached hydrogens (tertiary/aromatic N) is 1. The lowest BCUT2D eigenvalue weighted by molar-refractivity contribution is -0.122. The van der Waals surface area contributed by atoms with Gasteiger partial charge in [-0.05, 0) is 50.5 Å². The molecule has 33 heavy (non-hydrogen) atoms. The lowest BCUT2D eigenvalue weighted by Crippen LogP contribution is -2.50. The number of amides is 3. The molecule has 12 heteroatoms. The van der Waals surface area contributed by atoms with Gasteiger partial charge in [-0.2, -0.15) is 0 Å². The van der Waals surface area contributed by atoms with Gasteiger partial charge in [-0.25, -0.2) is 22.3 Å². The van der Waals surface area contributed by atoms with Crippen LogP contribution in [0.1, 0.15) is 38.7 Å². The van der Waals surface area contributed by atoms with Gasteiger partial charge in [0.1, 0.15) is 13.3 Å². The number of hydrogen-bond acceptors (Lipinski definition) is 7. The highest BCUT2D eigenvalue weighted by Crippen LogP contribution is 2.47. The number of nitrogens with one attached hydrogen (secondary N) is 2. The first-order valence-corrected chi connectivity index (χ1v) is 12.0. The summed E-state index contributed by atoms with van der Waals surface area (Å²) in [6.07, 6.45) is 2.55. The fraction of sp³-hybridized carbons (Fsp3) is 0.524. The molecule has 3 amide bonds. The Labute approximate surface area is 191 Å². The second-order valence-electron chi connectivity index (χ2n) is 8.71. The summed E-state index contributed by atoms with van der Waals surface area (Å²) in [5.74, 6) is -1.02. The van der Waals surface area contributed by atoms with Crippen molar-refractivity contribution < 1.29 is 37.0 Å². The monoisotopic (exact) mass is 485 g/mol. The first-order valence-electron chi connectivity index (χ1n) is 10.4. The average Bonchev–Trinajstić information content (AvgIpc) is 3.47. The highest BCUT2D eigenvalue weighted by Gasteiger charge is 2.47. The van der Waals surface area contributed by atoms with E-state index in [0.717, 1.165) is 5.41 Å². The molecule has 1 heterocycles. The molecule has 0 unspecified atom stereocenters. The standard InChI is InChI=1S/C21H28FN3O7S/c1-20(2,28)13-32-17-12-15(4-5-16(17)22)21(7-8-21)24-33(29,30)11-3-10-31-14-25-9-6-18(26)23-19(25)27/h3-5,11-12,24,28H,6-10,13-14H2,1-2H3,(H,23,26,27)/b11-3+. The Kier molecular flexibility index (Phi) is 7.42. The van der Waals surface area contributed by atoms with Crippen LogP contribution in [0.25, 0.3) is 0 Å². The van der Waals surface area contributed by atoms with E-state index in [0.29, 0.717) is 18.4 Å². The Bertz CT molecular complexity index is 1030. The first kappa shape index (κ1) is 25.1. The predicted octanol–water partition coefficient (Wildman–Crippen LogP) is 1.31. The number of urea groups is 1. The zero-order valence-electron chi connectivity index (χ0n) is 18.5. The van der Waals surface area contributed by atoms with Crippen molar-refractivity contribution >= 4 is 22.0 Å². The molecule has 2 fully saturated rings. The molecule has 1 aromatic carbocycles. The topological polar surface area (TPSA) is 134 Å². The second-order valence-corrected chi connectivity index (χ2v) is 10.3. The number of benzene rings is 1. The zero-order chi connectivity index (χ0) is 24.3. The minimum atomic E-state index is -3.83. The van der Waals surface area contributed by atoms with Crippen molar-refractivity contribution in [1.82, 2.24) is 14.9 Å². The van der Waals surface area contributed by atoms with E-state index in [1.165, 1.54) is 43.0 Å². The molecule has 0 aromatic heterocycles. The number of carbonyl (C=O) groups excluding carboxylic acids is 2. The van der Waals surface area contributed by atoms with E-state index < -0.39 is 33.0 Å². The van der Waals surface area contributed by atoms with Crippen molar-refractivity contribution in [2.24, 2.45) is 0 Å². The Morgan fingerprint density at radius 3 is 2.70 bits per heavy atom. The normalized spacial score (nSPS) is 18.5. The minimum Gasteiger partial charge on any atom is -0.488 e. The Balaban J connectivity index is 1.55. The third-order valence-electron chi connectivity index (χ3n) is 5.03. The summed E-state index contributed by atoms with van der Waals surface area (Å²) in [5.41, 5.74) is -1.44. The molecule has 3 rings (SSSR count). The predicted molar refractivity (Wildman–Crippen MR) is 116 cm³/mol. The summed E-state index contributed by atoms with van der Waals surface area (Å²) in [7, 11) is -3.83. The quantitative estimate of drug-likeness (QED) is 0.402. The van der Waals surface area contributed by atoms with E-state index in [-0.39, 0.29) is 44.6 Å². The molecule has 0 spiro atoms. The highest BCUT2D eigenvalue weighted by atomic mass is 32.2. The highest BCUT2D eigenvalue weighted by molar-refractivity contribution is 7.92. The van der Waals surface area contributed by atoms with Crippen molar-refractivity contribution in [3.8, 4) is 5.75 Å². The molecule has 0 bridgehead atoms. The van der Waals surface area contributed by atoms with Crippen molar-refractivity contribution in [1.29, 1.82) is 0 Å². The van der Waals surface area contributed by atoms with Crippen LogP contribution >= 0.6 is 0 Å². The van der Waals surface area contributed by atoms with E-state index in [9.17, 15) is 27.5 Å². The van der Waals surface area contributed by atoms with E-state index in [1.807, 2.05) is 0 Å². The summed E-state index contributed by atoms with van der Waals surface area (Å²) in [4.78, 5) is 24.0. The van der Waals surface area contributed by atoms with Crippen LogP contribution in [0.4, 0.5) is 9.18 Å². The maximum Gasteiger partial charge on any atom is 0.325 e. The van der Waals surface area contributed by atoms with Gasteiger partial charge < -0.3 is 19.5 Å². The summed E-state index contributed by atoms with van der Waals surface area (Å²) >= 11 is 0. The number of rotatable bonds is 11. The van der Waals surface area contributed by atoms with E-state index in [4.69, 9.17) is 9.47 Å². The van der Waals surface area contributed by atoms with Crippen molar-refractivity contribution in [2.75, 3.05) is 26.5 Å². The molecule has 182 valence electrons. The summed E-state index contributed by atoms with van der Waals surface area (Å²) in [6, 6.07) is 3.60. The molecule has 0 radical (unpaired) electrons. The van der Waals surface area contributed by atoms with Crippen LogP contribution in [0.2, 0.25) is 0 Å². The number of sulfonamides is 1. The number of ether oxygens (including phenoxy) is 2. The molecular weight excluding hydrogens is 457 g/mol. The van der Waals surface area contributed by atoms with Gasteiger partial charge in [0, 0.05) is 18.4 Å². The zero-order valence-corrected chi connectivity index (χ0v) is 19.3. The van der Waals surface area contributed by atoms with Gasteiger partial charge in [0.25, 0.3) is 0 Å². The molecule has 0 atom stereocenters. The van der Waals surface area contributed by atoms with Crippen molar-refractivity contribution in [3.05, 3.63) is 41.1 Å². The molecule has 1 saturated carbocycles. The van der Waals surface area contributed by atoms with Gasteiger partial charge in [0.2, 0.25) is 15.9 Å². The fourth-order valence-electron chi connectivity index (χ4n) is 3.17. The third-order valence-corrected chi connectivity index (χ3v) is 6.26. The maximum absolute atomic E-state index is 14.1. The molecular formula is C21H28FN3O7S.